The second kappa shape index (κ2) is 6.15. The van der Waals surface area contributed by atoms with Crippen molar-refractivity contribution >= 4 is 11.8 Å². The summed E-state index contributed by atoms with van der Waals surface area (Å²) in [5, 5.41) is 5.30. The quantitative estimate of drug-likeness (QED) is 0.774. The van der Waals surface area contributed by atoms with Crippen LogP contribution in [-0.4, -0.2) is 23.1 Å². The van der Waals surface area contributed by atoms with Crippen LogP contribution in [0.25, 0.3) is 0 Å². The summed E-state index contributed by atoms with van der Waals surface area (Å²) in [6.07, 6.45) is 2.78. The number of thioether (sulfide) groups is 1. The monoisotopic (exact) mass is 229 g/mol. The first-order valence-electron chi connectivity index (χ1n) is 6.45. The standard InChI is InChI=1S/C13H27NS/c1-6-14-12-7-8-13(10(12)4)15-11(5)9(2)3/h9-14H,6-8H2,1-5H3. The molecule has 1 nitrogen and oxygen atoms in total. The molecule has 4 unspecified atom stereocenters. The molecular formula is C13H27NS. The molecule has 90 valence electrons. The number of rotatable bonds is 5. The van der Waals surface area contributed by atoms with E-state index in [1.165, 1.54) is 12.8 Å². The van der Waals surface area contributed by atoms with Gasteiger partial charge in [0, 0.05) is 16.5 Å². The fraction of sp³-hybridized carbons (Fsp3) is 1.00. The number of hydrogen-bond donors (Lipinski definition) is 1. The summed E-state index contributed by atoms with van der Waals surface area (Å²) in [5.74, 6) is 1.65. The minimum absolute atomic E-state index is 0.770. The second-order valence-electron chi connectivity index (χ2n) is 5.22. The molecule has 0 saturated heterocycles. The SMILES string of the molecule is CCNC1CCC(SC(C)C(C)C)C1C. The third-order valence-electron chi connectivity index (χ3n) is 3.78. The van der Waals surface area contributed by atoms with Gasteiger partial charge in [0.05, 0.1) is 0 Å². The van der Waals surface area contributed by atoms with Gasteiger partial charge in [0.15, 0.2) is 0 Å². The normalized spacial score (nSPS) is 33.6. The Morgan fingerprint density at radius 3 is 2.47 bits per heavy atom. The minimum atomic E-state index is 0.770. The maximum absolute atomic E-state index is 3.61. The molecule has 1 aliphatic rings. The van der Waals surface area contributed by atoms with Crippen molar-refractivity contribution in [2.24, 2.45) is 11.8 Å². The molecule has 0 amide bonds. The molecule has 4 atom stereocenters. The van der Waals surface area contributed by atoms with Crippen molar-refractivity contribution in [1.29, 1.82) is 0 Å². The van der Waals surface area contributed by atoms with E-state index in [4.69, 9.17) is 0 Å². The van der Waals surface area contributed by atoms with Gasteiger partial charge in [0.25, 0.3) is 0 Å². The first kappa shape index (κ1) is 13.4. The summed E-state index contributed by atoms with van der Waals surface area (Å²) in [6.45, 7) is 12.8. The van der Waals surface area contributed by atoms with E-state index in [-0.39, 0.29) is 0 Å². The van der Waals surface area contributed by atoms with E-state index in [1.807, 2.05) is 0 Å². The highest BCUT2D eigenvalue weighted by Crippen LogP contribution is 2.38. The van der Waals surface area contributed by atoms with Crippen molar-refractivity contribution in [1.82, 2.24) is 5.32 Å². The predicted octanol–water partition coefficient (Wildman–Crippen LogP) is 3.54. The molecule has 0 aromatic rings. The van der Waals surface area contributed by atoms with E-state index in [9.17, 15) is 0 Å². The van der Waals surface area contributed by atoms with Crippen LogP contribution < -0.4 is 5.32 Å². The molecule has 0 bridgehead atoms. The van der Waals surface area contributed by atoms with Gasteiger partial charge >= 0.3 is 0 Å². The summed E-state index contributed by atoms with van der Waals surface area (Å²) in [7, 11) is 0. The van der Waals surface area contributed by atoms with Crippen LogP contribution in [0.15, 0.2) is 0 Å². The molecule has 0 radical (unpaired) electrons. The van der Waals surface area contributed by atoms with Gasteiger partial charge in [-0.05, 0) is 31.2 Å². The second-order valence-corrected chi connectivity index (χ2v) is 6.85. The van der Waals surface area contributed by atoms with Gasteiger partial charge in [-0.15, -0.1) is 0 Å². The van der Waals surface area contributed by atoms with Crippen molar-refractivity contribution in [3.8, 4) is 0 Å². The molecule has 1 fully saturated rings. The molecular weight excluding hydrogens is 202 g/mol. The van der Waals surface area contributed by atoms with Gasteiger partial charge in [0.1, 0.15) is 0 Å². The highest BCUT2D eigenvalue weighted by atomic mass is 32.2. The Bertz CT molecular complexity index is 181. The van der Waals surface area contributed by atoms with E-state index < -0.39 is 0 Å². The number of nitrogens with one attached hydrogen (secondary N) is 1. The van der Waals surface area contributed by atoms with Crippen LogP contribution in [0.5, 0.6) is 0 Å². The maximum Gasteiger partial charge on any atom is 0.0103 e. The van der Waals surface area contributed by atoms with Crippen LogP contribution in [0.1, 0.15) is 47.5 Å². The van der Waals surface area contributed by atoms with Crippen LogP contribution in [0, 0.1) is 11.8 Å². The van der Waals surface area contributed by atoms with Crippen molar-refractivity contribution < 1.29 is 0 Å². The largest absolute Gasteiger partial charge is 0.314 e. The lowest BCUT2D eigenvalue weighted by Crippen LogP contribution is -2.33. The van der Waals surface area contributed by atoms with Gasteiger partial charge in [-0.2, -0.15) is 11.8 Å². The maximum atomic E-state index is 3.61. The minimum Gasteiger partial charge on any atom is -0.314 e. The summed E-state index contributed by atoms with van der Waals surface area (Å²) in [5.41, 5.74) is 0. The van der Waals surface area contributed by atoms with E-state index in [0.29, 0.717) is 0 Å². The van der Waals surface area contributed by atoms with Gasteiger partial charge in [-0.1, -0.05) is 34.6 Å². The molecule has 1 rings (SSSR count). The van der Waals surface area contributed by atoms with E-state index in [2.05, 4.69) is 51.7 Å². The summed E-state index contributed by atoms with van der Waals surface area (Å²) in [4.78, 5) is 0. The highest BCUT2D eigenvalue weighted by Gasteiger charge is 2.33. The van der Waals surface area contributed by atoms with Crippen molar-refractivity contribution in [2.75, 3.05) is 6.54 Å². The Morgan fingerprint density at radius 1 is 1.27 bits per heavy atom. The van der Waals surface area contributed by atoms with E-state index in [1.54, 1.807) is 0 Å². The zero-order chi connectivity index (χ0) is 11.4. The Balaban J connectivity index is 2.38. The van der Waals surface area contributed by atoms with Gasteiger partial charge in [0.2, 0.25) is 0 Å². The van der Waals surface area contributed by atoms with Crippen LogP contribution in [0.2, 0.25) is 0 Å². The summed E-state index contributed by atoms with van der Waals surface area (Å²) >= 11 is 2.21. The van der Waals surface area contributed by atoms with Gasteiger partial charge in [-0.25, -0.2) is 0 Å². The lowest BCUT2D eigenvalue weighted by Gasteiger charge is -2.25. The third kappa shape index (κ3) is 3.67. The number of hydrogen-bond acceptors (Lipinski definition) is 2. The molecule has 0 heterocycles. The van der Waals surface area contributed by atoms with Crippen LogP contribution in [0.4, 0.5) is 0 Å². The molecule has 1 saturated carbocycles. The topological polar surface area (TPSA) is 12.0 Å². The molecule has 15 heavy (non-hydrogen) atoms. The lowest BCUT2D eigenvalue weighted by atomic mass is 10.1. The Morgan fingerprint density at radius 2 is 1.93 bits per heavy atom. The fourth-order valence-electron chi connectivity index (χ4n) is 2.30. The highest BCUT2D eigenvalue weighted by molar-refractivity contribution is 8.00. The summed E-state index contributed by atoms with van der Waals surface area (Å²) < 4.78 is 0. The molecule has 0 aromatic carbocycles. The molecule has 2 heteroatoms. The van der Waals surface area contributed by atoms with Crippen LogP contribution in [-0.2, 0) is 0 Å². The van der Waals surface area contributed by atoms with Crippen molar-refractivity contribution in [3.05, 3.63) is 0 Å². The molecule has 0 spiro atoms. The average molecular weight is 229 g/mol. The predicted molar refractivity (Wildman–Crippen MR) is 71.5 cm³/mol. The van der Waals surface area contributed by atoms with Crippen LogP contribution in [0.3, 0.4) is 0 Å². The third-order valence-corrected chi connectivity index (χ3v) is 5.77. The smallest absolute Gasteiger partial charge is 0.0103 e. The molecule has 1 aliphatic carbocycles. The molecule has 0 aliphatic heterocycles. The Kier molecular flexibility index (Phi) is 5.48. The van der Waals surface area contributed by atoms with Gasteiger partial charge in [-0.3, -0.25) is 0 Å². The van der Waals surface area contributed by atoms with E-state index >= 15 is 0 Å². The lowest BCUT2D eigenvalue weighted by molar-refractivity contribution is 0.441. The molecule has 0 aromatic heterocycles. The Labute approximate surface area is 99.8 Å². The zero-order valence-corrected chi connectivity index (χ0v) is 11.7. The fourth-order valence-corrected chi connectivity index (χ4v) is 3.88. The van der Waals surface area contributed by atoms with Crippen LogP contribution >= 0.6 is 11.8 Å². The van der Waals surface area contributed by atoms with Gasteiger partial charge < -0.3 is 5.32 Å². The zero-order valence-electron chi connectivity index (χ0n) is 10.9. The summed E-state index contributed by atoms with van der Waals surface area (Å²) in [6, 6.07) is 0.770. The van der Waals surface area contributed by atoms with Crippen molar-refractivity contribution in [3.63, 3.8) is 0 Å². The average Bonchev–Trinajstić information content (AvgIpc) is 2.50. The first-order chi connectivity index (χ1) is 7.06. The molecule has 1 N–H and O–H groups in total. The van der Waals surface area contributed by atoms with E-state index in [0.717, 1.165) is 34.9 Å². The first-order valence-corrected chi connectivity index (χ1v) is 7.39. The Hall–Kier alpha value is 0.310. The van der Waals surface area contributed by atoms with Crippen molar-refractivity contribution in [2.45, 2.75) is 64.0 Å².